The average Bonchev–Trinajstić information content (AvgIpc) is 2.79. The zero-order valence-electron chi connectivity index (χ0n) is 14.6. The zero-order chi connectivity index (χ0) is 18.4. The summed E-state index contributed by atoms with van der Waals surface area (Å²) < 4.78 is 5.51. The van der Waals surface area contributed by atoms with E-state index in [0.29, 0.717) is 54.3 Å². The fourth-order valence-electron chi connectivity index (χ4n) is 2.72. The Kier molecular flexibility index (Phi) is 7.38. The molecule has 0 aliphatic carbocycles. The highest BCUT2D eigenvalue weighted by molar-refractivity contribution is 6.35. The molecule has 138 valence electrons. The quantitative estimate of drug-likeness (QED) is 0.777. The molecule has 25 heavy (non-hydrogen) atoms. The lowest BCUT2D eigenvalue weighted by atomic mass is 10.1. The van der Waals surface area contributed by atoms with Crippen molar-refractivity contribution >= 4 is 35.0 Å². The molecule has 1 aliphatic heterocycles. The highest BCUT2D eigenvalue weighted by atomic mass is 35.5. The molecule has 0 aromatic heterocycles. The lowest BCUT2D eigenvalue weighted by Gasteiger charge is -2.23. The maximum Gasteiger partial charge on any atom is 0.260 e. The zero-order valence-corrected chi connectivity index (χ0v) is 16.1. The molecular formula is C18H24Cl2N2O3. The van der Waals surface area contributed by atoms with Crippen LogP contribution in [-0.2, 0) is 9.59 Å². The minimum atomic E-state index is -0.107. The Morgan fingerprint density at radius 1 is 1.08 bits per heavy atom. The Morgan fingerprint density at radius 2 is 1.72 bits per heavy atom. The first kappa shape index (κ1) is 19.9. The van der Waals surface area contributed by atoms with Crippen molar-refractivity contribution in [1.29, 1.82) is 0 Å². The van der Waals surface area contributed by atoms with Gasteiger partial charge in [0.2, 0.25) is 5.91 Å². The second-order valence-corrected chi connectivity index (χ2v) is 7.42. The van der Waals surface area contributed by atoms with Gasteiger partial charge in [0.1, 0.15) is 5.75 Å². The van der Waals surface area contributed by atoms with E-state index in [2.05, 4.69) is 0 Å². The number of hydrogen-bond donors (Lipinski definition) is 0. The van der Waals surface area contributed by atoms with Gasteiger partial charge in [0.05, 0.1) is 5.02 Å². The summed E-state index contributed by atoms with van der Waals surface area (Å²) in [4.78, 5) is 28.2. The van der Waals surface area contributed by atoms with Crippen molar-refractivity contribution < 1.29 is 14.3 Å². The lowest BCUT2D eigenvalue weighted by Crippen LogP contribution is -2.39. The molecule has 1 fully saturated rings. The molecule has 0 spiro atoms. The van der Waals surface area contributed by atoms with E-state index < -0.39 is 0 Å². The van der Waals surface area contributed by atoms with E-state index in [1.807, 2.05) is 18.7 Å². The van der Waals surface area contributed by atoms with Crippen LogP contribution < -0.4 is 4.74 Å². The molecule has 2 amide bonds. The number of amides is 2. The highest BCUT2D eigenvalue weighted by Crippen LogP contribution is 2.27. The Balaban J connectivity index is 1.85. The third-order valence-corrected chi connectivity index (χ3v) is 4.56. The van der Waals surface area contributed by atoms with E-state index in [9.17, 15) is 9.59 Å². The lowest BCUT2D eigenvalue weighted by molar-refractivity contribution is -0.135. The van der Waals surface area contributed by atoms with E-state index in [0.717, 1.165) is 6.42 Å². The van der Waals surface area contributed by atoms with Gasteiger partial charge in [-0.2, -0.15) is 0 Å². The van der Waals surface area contributed by atoms with Crippen LogP contribution in [0.3, 0.4) is 0 Å². The van der Waals surface area contributed by atoms with Gasteiger partial charge in [-0.15, -0.1) is 0 Å². The van der Waals surface area contributed by atoms with Gasteiger partial charge in [-0.05, 0) is 30.5 Å². The molecule has 0 N–H and O–H groups in total. The fraction of sp³-hybridized carbons (Fsp3) is 0.556. The first-order valence-electron chi connectivity index (χ1n) is 8.50. The average molecular weight is 387 g/mol. The van der Waals surface area contributed by atoms with E-state index in [-0.39, 0.29) is 18.4 Å². The third kappa shape index (κ3) is 6.08. The van der Waals surface area contributed by atoms with Crippen LogP contribution in [0.1, 0.15) is 26.7 Å². The number of benzene rings is 1. The highest BCUT2D eigenvalue weighted by Gasteiger charge is 2.22. The number of ether oxygens (including phenoxy) is 1. The summed E-state index contributed by atoms with van der Waals surface area (Å²) in [6.07, 6.45) is 1.32. The molecule has 1 saturated heterocycles. The molecular weight excluding hydrogens is 363 g/mol. The normalized spacial score (nSPS) is 15.2. The van der Waals surface area contributed by atoms with Crippen LogP contribution in [0.25, 0.3) is 0 Å². The first-order valence-corrected chi connectivity index (χ1v) is 9.26. The van der Waals surface area contributed by atoms with E-state index in [1.165, 1.54) is 0 Å². The van der Waals surface area contributed by atoms with Gasteiger partial charge in [-0.25, -0.2) is 0 Å². The number of halogens is 2. The molecule has 0 bridgehead atoms. The van der Waals surface area contributed by atoms with Crippen LogP contribution in [0.5, 0.6) is 5.75 Å². The number of carbonyl (C=O) groups is 2. The molecule has 2 rings (SSSR count). The van der Waals surface area contributed by atoms with Crippen molar-refractivity contribution in [2.45, 2.75) is 26.7 Å². The molecule has 1 aliphatic rings. The molecule has 1 heterocycles. The summed E-state index contributed by atoms with van der Waals surface area (Å²) in [5.74, 6) is 0.826. The van der Waals surface area contributed by atoms with E-state index in [1.54, 1.807) is 23.1 Å². The Morgan fingerprint density at radius 3 is 2.32 bits per heavy atom. The topological polar surface area (TPSA) is 49.9 Å². The third-order valence-electron chi connectivity index (χ3n) is 4.03. The molecule has 0 radical (unpaired) electrons. The Labute approximate surface area is 158 Å². The van der Waals surface area contributed by atoms with Gasteiger partial charge in [0, 0.05) is 37.6 Å². The first-order chi connectivity index (χ1) is 11.9. The monoisotopic (exact) mass is 386 g/mol. The van der Waals surface area contributed by atoms with Gasteiger partial charge < -0.3 is 14.5 Å². The van der Waals surface area contributed by atoms with Gasteiger partial charge >= 0.3 is 0 Å². The van der Waals surface area contributed by atoms with Crippen molar-refractivity contribution in [2.24, 2.45) is 5.92 Å². The largest absolute Gasteiger partial charge is 0.482 e. The van der Waals surface area contributed by atoms with E-state index >= 15 is 0 Å². The maximum absolute atomic E-state index is 12.4. The van der Waals surface area contributed by atoms with Crippen molar-refractivity contribution in [1.82, 2.24) is 9.80 Å². The van der Waals surface area contributed by atoms with Crippen LogP contribution in [0.4, 0.5) is 0 Å². The second kappa shape index (κ2) is 9.30. The predicted molar refractivity (Wildman–Crippen MR) is 99.2 cm³/mol. The van der Waals surface area contributed by atoms with Gasteiger partial charge in [-0.1, -0.05) is 37.0 Å². The summed E-state index contributed by atoms with van der Waals surface area (Å²) in [6.45, 7) is 6.40. The molecule has 1 aromatic rings. The van der Waals surface area contributed by atoms with Crippen LogP contribution >= 0.6 is 23.2 Å². The van der Waals surface area contributed by atoms with Crippen molar-refractivity contribution in [3.05, 3.63) is 28.2 Å². The fourth-order valence-corrected chi connectivity index (χ4v) is 3.18. The molecule has 0 unspecified atom stereocenters. The van der Waals surface area contributed by atoms with E-state index in [4.69, 9.17) is 27.9 Å². The summed E-state index contributed by atoms with van der Waals surface area (Å²) in [7, 11) is 0. The molecule has 7 heteroatoms. The van der Waals surface area contributed by atoms with Crippen LogP contribution in [0.2, 0.25) is 10.0 Å². The van der Waals surface area contributed by atoms with Crippen molar-refractivity contribution in [3.8, 4) is 5.75 Å². The summed E-state index contributed by atoms with van der Waals surface area (Å²) in [5, 5.41) is 0.893. The Bertz CT molecular complexity index is 622. The van der Waals surface area contributed by atoms with Gasteiger partial charge in [0.25, 0.3) is 5.91 Å². The minimum absolute atomic E-state index is 0.0821. The predicted octanol–water partition coefficient (Wildman–Crippen LogP) is 3.48. The maximum atomic E-state index is 12.4. The number of hydrogen-bond acceptors (Lipinski definition) is 3. The number of rotatable bonds is 5. The number of carbonyl (C=O) groups excluding carboxylic acids is 2. The van der Waals surface area contributed by atoms with Gasteiger partial charge in [0.15, 0.2) is 6.61 Å². The van der Waals surface area contributed by atoms with Crippen molar-refractivity contribution in [3.63, 3.8) is 0 Å². The van der Waals surface area contributed by atoms with Crippen LogP contribution in [-0.4, -0.2) is 54.4 Å². The summed E-state index contributed by atoms with van der Waals surface area (Å²) >= 11 is 11.9. The van der Waals surface area contributed by atoms with Crippen LogP contribution in [0, 0.1) is 5.92 Å². The molecule has 0 atom stereocenters. The summed E-state index contributed by atoms with van der Waals surface area (Å²) in [5.41, 5.74) is 0. The minimum Gasteiger partial charge on any atom is -0.482 e. The standard InChI is InChI=1S/C18H24Cl2N2O3/c1-13(2)10-17(23)21-6-3-7-22(9-8-21)18(24)12-25-16-5-4-14(19)11-15(16)20/h4-5,11,13H,3,6-10,12H2,1-2H3. The molecule has 5 nitrogen and oxygen atoms in total. The van der Waals surface area contributed by atoms with Crippen molar-refractivity contribution in [2.75, 3.05) is 32.8 Å². The van der Waals surface area contributed by atoms with Crippen LogP contribution in [0.15, 0.2) is 18.2 Å². The SMILES string of the molecule is CC(C)CC(=O)N1CCCN(C(=O)COc2ccc(Cl)cc2Cl)CC1. The Hall–Kier alpha value is -1.46. The molecule has 0 saturated carbocycles. The second-order valence-electron chi connectivity index (χ2n) is 6.58. The smallest absolute Gasteiger partial charge is 0.260 e. The molecule has 1 aromatic carbocycles. The summed E-state index contributed by atoms with van der Waals surface area (Å²) in [6, 6.07) is 4.89. The van der Waals surface area contributed by atoms with Gasteiger partial charge in [-0.3, -0.25) is 9.59 Å². The number of nitrogens with zero attached hydrogens (tertiary/aromatic N) is 2.